The lowest BCUT2D eigenvalue weighted by Gasteiger charge is -2.21. The Morgan fingerprint density at radius 2 is 1.84 bits per heavy atom. The van der Waals surface area contributed by atoms with Crippen molar-refractivity contribution in [2.45, 2.75) is 39.3 Å². The Morgan fingerprint density at radius 3 is 2.40 bits per heavy atom. The van der Waals surface area contributed by atoms with E-state index >= 15 is 0 Å². The largest absolute Gasteiger partial charge is 0.464 e. The number of aromatic nitrogens is 1. The van der Waals surface area contributed by atoms with E-state index < -0.39 is 23.7 Å². The van der Waals surface area contributed by atoms with E-state index in [2.05, 4.69) is 10.3 Å². The van der Waals surface area contributed by atoms with Crippen LogP contribution in [0.25, 0.3) is 10.4 Å². The second-order valence-corrected chi connectivity index (χ2v) is 7.49. The standard InChI is InChI=1S/C18H22N2O4S/c1-11(19-17(22)24-18(2,3)4)15-20-13(16(21)23-5)14(25-15)12-9-7-6-8-10-12/h6-11H,1-5H3,(H,19,22)/t11-/m1/s1. The Bertz CT molecular complexity index is 750. The van der Waals surface area contributed by atoms with Crippen LogP contribution in [0.3, 0.4) is 0 Å². The summed E-state index contributed by atoms with van der Waals surface area (Å²) in [5.41, 5.74) is 0.529. The number of thiazole rings is 1. The zero-order valence-corrected chi connectivity index (χ0v) is 15.8. The van der Waals surface area contributed by atoms with Gasteiger partial charge in [0.2, 0.25) is 0 Å². The molecule has 0 aliphatic heterocycles. The highest BCUT2D eigenvalue weighted by Crippen LogP contribution is 2.33. The number of benzene rings is 1. The first-order chi connectivity index (χ1) is 11.7. The quantitative estimate of drug-likeness (QED) is 0.826. The van der Waals surface area contributed by atoms with E-state index in [-0.39, 0.29) is 5.69 Å². The fourth-order valence-corrected chi connectivity index (χ4v) is 3.15. The first-order valence-electron chi connectivity index (χ1n) is 7.85. The Balaban J connectivity index is 2.28. The number of nitrogens with zero attached hydrogens (tertiary/aromatic N) is 1. The van der Waals surface area contributed by atoms with Crippen molar-refractivity contribution in [3.05, 3.63) is 41.0 Å². The van der Waals surface area contributed by atoms with Gasteiger partial charge in [0.25, 0.3) is 0 Å². The van der Waals surface area contributed by atoms with Crippen LogP contribution in [0.5, 0.6) is 0 Å². The summed E-state index contributed by atoms with van der Waals surface area (Å²) in [6, 6.07) is 9.07. The lowest BCUT2D eigenvalue weighted by molar-refractivity contribution is 0.0507. The molecule has 0 aliphatic carbocycles. The summed E-state index contributed by atoms with van der Waals surface area (Å²) in [7, 11) is 1.32. The monoisotopic (exact) mass is 362 g/mol. The molecule has 1 heterocycles. The van der Waals surface area contributed by atoms with Crippen molar-refractivity contribution in [2.24, 2.45) is 0 Å². The van der Waals surface area contributed by atoms with Crippen molar-refractivity contribution in [3.8, 4) is 10.4 Å². The van der Waals surface area contributed by atoms with E-state index in [1.165, 1.54) is 18.4 Å². The Morgan fingerprint density at radius 1 is 1.20 bits per heavy atom. The van der Waals surface area contributed by atoms with Crippen molar-refractivity contribution in [1.82, 2.24) is 10.3 Å². The molecule has 0 fully saturated rings. The average Bonchev–Trinajstić information content (AvgIpc) is 2.98. The van der Waals surface area contributed by atoms with Crippen molar-refractivity contribution < 1.29 is 19.1 Å². The number of hydrogen-bond donors (Lipinski definition) is 1. The minimum absolute atomic E-state index is 0.242. The van der Waals surface area contributed by atoms with Gasteiger partial charge >= 0.3 is 12.1 Å². The number of ether oxygens (including phenoxy) is 2. The third-order valence-electron chi connectivity index (χ3n) is 3.16. The maximum atomic E-state index is 12.1. The van der Waals surface area contributed by atoms with Crippen molar-refractivity contribution in [3.63, 3.8) is 0 Å². The molecule has 0 saturated carbocycles. The normalized spacial score (nSPS) is 12.4. The third kappa shape index (κ3) is 5.03. The molecular weight excluding hydrogens is 340 g/mol. The molecule has 1 amide bonds. The Hall–Kier alpha value is -2.41. The number of alkyl carbamates (subject to hydrolysis) is 1. The van der Waals surface area contributed by atoms with E-state index in [9.17, 15) is 9.59 Å². The second-order valence-electron chi connectivity index (χ2n) is 6.46. The highest BCUT2D eigenvalue weighted by molar-refractivity contribution is 7.15. The zero-order valence-electron chi connectivity index (χ0n) is 15.0. The molecule has 1 aromatic carbocycles. The fraction of sp³-hybridized carbons (Fsp3) is 0.389. The third-order valence-corrected chi connectivity index (χ3v) is 4.45. The lowest BCUT2D eigenvalue weighted by Crippen LogP contribution is -2.34. The van der Waals surface area contributed by atoms with E-state index in [1.54, 1.807) is 27.7 Å². The minimum Gasteiger partial charge on any atom is -0.464 e. The van der Waals surface area contributed by atoms with E-state index in [4.69, 9.17) is 9.47 Å². The van der Waals surface area contributed by atoms with Gasteiger partial charge in [-0.2, -0.15) is 0 Å². The highest BCUT2D eigenvalue weighted by atomic mass is 32.1. The number of esters is 1. The number of nitrogens with one attached hydrogen (secondary N) is 1. The maximum absolute atomic E-state index is 12.1. The van der Waals surface area contributed by atoms with Gasteiger partial charge in [-0.15, -0.1) is 11.3 Å². The highest BCUT2D eigenvalue weighted by Gasteiger charge is 2.24. The van der Waals surface area contributed by atoms with E-state index in [0.29, 0.717) is 9.88 Å². The molecule has 1 N–H and O–H groups in total. The molecular formula is C18H22N2O4S. The van der Waals surface area contributed by atoms with Crippen LogP contribution < -0.4 is 5.32 Å². The summed E-state index contributed by atoms with van der Waals surface area (Å²) < 4.78 is 10.1. The molecule has 6 nitrogen and oxygen atoms in total. The summed E-state index contributed by atoms with van der Waals surface area (Å²) in [5.74, 6) is -0.508. The molecule has 134 valence electrons. The van der Waals surface area contributed by atoms with Crippen LogP contribution in [0, 0.1) is 0 Å². The van der Waals surface area contributed by atoms with Gasteiger partial charge in [0.05, 0.1) is 18.0 Å². The smallest absolute Gasteiger partial charge is 0.408 e. The first kappa shape index (κ1) is 18.9. The van der Waals surface area contributed by atoms with Gasteiger partial charge in [-0.3, -0.25) is 0 Å². The molecule has 0 bridgehead atoms. The number of amides is 1. The van der Waals surface area contributed by atoms with Crippen molar-refractivity contribution in [2.75, 3.05) is 7.11 Å². The topological polar surface area (TPSA) is 77.5 Å². The molecule has 0 unspecified atom stereocenters. The van der Waals surface area contributed by atoms with Gasteiger partial charge < -0.3 is 14.8 Å². The average molecular weight is 362 g/mol. The van der Waals surface area contributed by atoms with Crippen LogP contribution in [0.4, 0.5) is 4.79 Å². The number of rotatable bonds is 4. The van der Waals surface area contributed by atoms with Gasteiger partial charge in [0, 0.05) is 0 Å². The molecule has 0 aliphatic rings. The molecule has 2 aromatic rings. The van der Waals surface area contributed by atoms with Crippen LogP contribution in [-0.4, -0.2) is 29.8 Å². The SMILES string of the molecule is COC(=O)c1nc([C@@H](C)NC(=O)OC(C)(C)C)sc1-c1ccccc1. The van der Waals surface area contributed by atoms with Gasteiger partial charge in [-0.25, -0.2) is 14.6 Å². The summed E-state index contributed by atoms with van der Waals surface area (Å²) in [6.45, 7) is 7.18. The molecule has 0 spiro atoms. The van der Waals surface area contributed by atoms with Crippen LogP contribution in [-0.2, 0) is 9.47 Å². The van der Waals surface area contributed by atoms with Crippen molar-refractivity contribution >= 4 is 23.4 Å². The van der Waals surface area contributed by atoms with E-state index in [0.717, 1.165) is 5.56 Å². The van der Waals surface area contributed by atoms with Gasteiger partial charge in [0.1, 0.15) is 10.6 Å². The number of methoxy groups -OCH3 is 1. The van der Waals surface area contributed by atoms with E-state index in [1.807, 2.05) is 30.3 Å². The molecule has 0 radical (unpaired) electrons. The molecule has 25 heavy (non-hydrogen) atoms. The molecule has 1 aromatic heterocycles. The van der Waals surface area contributed by atoms with Crippen LogP contribution in [0.2, 0.25) is 0 Å². The predicted molar refractivity (Wildman–Crippen MR) is 96.7 cm³/mol. The van der Waals surface area contributed by atoms with Crippen LogP contribution in [0.1, 0.15) is 49.2 Å². The van der Waals surface area contributed by atoms with Crippen molar-refractivity contribution in [1.29, 1.82) is 0 Å². The summed E-state index contributed by atoms with van der Waals surface area (Å²) in [6.07, 6.45) is -0.531. The number of hydrogen-bond acceptors (Lipinski definition) is 6. The minimum atomic E-state index is -0.584. The number of carbonyl (C=O) groups is 2. The first-order valence-corrected chi connectivity index (χ1v) is 8.67. The Labute approximate surface area is 151 Å². The zero-order chi connectivity index (χ0) is 18.6. The molecule has 1 atom stereocenters. The summed E-state index contributed by atoms with van der Waals surface area (Å²) in [5, 5.41) is 3.34. The second kappa shape index (κ2) is 7.65. The molecule has 2 rings (SSSR count). The summed E-state index contributed by atoms with van der Waals surface area (Å²) >= 11 is 1.34. The predicted octanol–water partition coefficient (Wildman–Crippen LogP) is 4.18. The Kier molecular flexibility index (Phi) is 5.79. The number of carbonyl (C=O) groups excluding carboxylic acids is 2. The van der Waals surface area contributed by atoms with Gasteiger partial charge in [0.15, 0.2) is 5.69 Å². The lowest BCUT2D eigenvalue weighted by atomic mass is 10.1. The van der Waals surface area contributed by atoms with Gasteiger partial charge in [-0.1, -0.05) is 30.3 Å². The van der Waals surface area contributed by atoms with Gasteiger partial charge in [-0.05, 0) is 33.3 Å². The maximum Gasteiger partial charge on any atom is 0.408 e. The van der Waals surface area contributed by atoms with Crippen LogP contribution >= 0.6 is 11.3 Å². The fourth-order valence-electron chi connectivity index (χ4n) is 2.09. The van der Waals surface area contributed by atoms with Crippen LogP contribution in [0.15, 0.2) is 30.3 Å². The molecule has 7 heteroatoms. The summed E-state index contributed by atoms with van der Waals surface area (Å²) in [4.78, 5) is 29.1. The molecule has 0 saturated heterocycles.